The van der Waals surface area contributed by atoms with Crippen molar-refractivity contribution in [2.24, 2.45) is 29.6 Å². The predicted octanol–water partition coefficient (Wildman–Crippen LogP) is 5.61. The van der Waals surface area contributed by atoms with E-state index in [0.29, 0.717) is 22.9 Å². The molecule has 13 heteroatoms. The minimum absolute atomic E-state index is 0.00111. The van der Waals surface area contributed by atoms with Crippen molar-refractivity contribution in [2.45, 2.75) is 22.6 Å². The number of aromatic hydroxyl groups is 1. The van der Waals surface area contributed by atoms with Crippen molar-refractivity contribution < 1.29 is 29.0 Å². The van der Waals surface area contributed by atoms with Gasteiger partial charge >= 0.3 is 4.87 Å². The summed E-state index contributed by atoms with van der Waals surface area (Å²) in [5.74, 6) is -0.790. The molecular formula is C34H28BrN3O7S2. The normalized spacial score (nSPS) is 26.9. The highest BCUT2D eigenvalue weighted by atomic mass is 79.9. The van der Waals surface area contributed by atoms with Crippen LogP contribution < -0.4 is 24.6 Å². The van der Waals surface area contributed by atoms with Crippen molar-refractivity contribution in [3.05, 3.63) is 91.3 Å². The molecule has 0 spiro atoms. The Kier molecular flexibility index (Phi) is 7.45. The number of methoxy groups -OCH3 is 1. The summed E-state index contributed by atoms with van der Waals surface area (Å²) in [7, 11) is 1.57. The molecule has 3 heterocycles. The van der Waals surface area contributed by atoms with Gasteiger partial charge in [0.1, 0.15) is 17.2 Å². The molecule has 4 aliphatic rings. The van der Waals surface area contributed by atoms with Gasteiger partial charge in [0.05, 0.1) is 29.7 Å². The fourth-order valence-corrected chi connectivity index (χ4v) is 11.4. The van der Waals surface area contributed by atoms with E-state index in [2.05, 4.69) is 26.2 Å². The van der Waals surface area contributed by atoms with E-state index in [1.807, 2.05) is 18.2 Å². The van der Waals surface area contributed by atoms with Gasteiger partial charge in [-0.2, -0.15) is 0 Å². The van der Waals surface area contributed by atoms with Crippen LogP contribution in [0.1, 0.15) is 22.8 Å². The number of rotatable bonds is 7. The van der Waals surface area contributed by atoms with Gasteiger partial charge in [0.15, 0.2) is 6.61 Å². The number of fused-ring (bicyclic) bond motifs is 9. The minimum atomic E-state index is -0.455. The molecule has 3 N–H and O–H groups in total. The number of thioether (sulfide) groups is 1. The largest absolute Gasteiger partial charge is 0.508 e. The Labute approximate surface area is 285 Å². The maximum absolute atomic E-state index is 14.1. The van der Waals surface area contributed by atoms with Crippen molar-refractivity contribution in [1.82, 2.24) is 4.98 Å². The predicted molar refractivity (Wildman–Crippen MR) is 180 cm³/mol. The first-order chi connectivity index (χ1) is 22.7. The second kappa shape index (κ2) is 11.6. The van der Waals surface area contributed by atoms with Crippen molar-refractivity contribution in [3.8, 4) is 17.2 Å². The Morgan fingerprint density at radius 1 is 1.02 bits per heavy atom. The number of hydrogen-bond acceptors (Lipinski definition) is 9. The summed E-state index contributed by atoms with van der Waals surface area (Å²) in [5.41, 5.74) is 1.88. The molecule has 47 heavy (non-hydrogen) atoms. The number of carbonyl (C=O) groups excluding carboxylic acids is 3. The summed E-state index contributed by atoms with van der Waals surface area (Å²) in [5, 5.41) is 13.1. The molecule has 240 valence electrons. The lowest BCUT2D eigenvalue weighted by Crippen LogP contribution is -2.42. The maximum atomic E-state index is 14.1. The quantitative estimate of drug-likeness (QED) is 0.165. The Bertz CT molecular complexity index is 1980. The molecule has 2 aliphatic carbocycles. The van der Waals surface area contributed by atoms with Crippen molar-refractivity contribution in [2.75, 3.05) is 23.9 Å². The van der Waals surface area contributed by atoms with Crippen molar-refractivity contribution in [3.63, 3.8) is 0 Å². The fraction of sp³-hybridized carbons (Fsp3) is 0.294. The number of H-pyrrole nitrogens is 1. The molecule has 2 aliphatic heterocycles. The number of thiazole rings is 1. The zero-order valence-electron chi connectivity index (χ0n) is 24.8. The van der Waals surface area contributed by atoms with Gasteiger partial charge in [-0.05, 0) is 90.9 Å². The zero-order chi connectivity index (χ0) is 32.6. The number of anilines is 2. The zero-order valence-corrected chi connectivity index (χ0v) is 28.1. The van der Waals surface area contributed by atoms with Crippen LogP contribution in [0.5, 0.6) is 17.2 Å². The summed E-state index contributed by atoms with van der Waals surface area (Å²) in [4.78, 5) is 58.7. The smallest absolute Gasteiger partial charge is 0.305 e. The molecule has 1 saturated heterocycles. The van der Waals surface area contributed by atoms with Crippen LogP contribution in [0.2, 0.25) is 0 Å². The second-order valence-electron chi connectivity index (χ2n) is 12.2. The molecule has 8 rings (SSSR count). The number of aromatic nitrogens is 1. The lowest BCUT2D eigenvalue weighted by Gasteiger charge is -2.43. The van der Waals surface area contributed by atoms with E-state index >= 15 is 0 Å². The highest BCUT2D eigenvalue weighted by molar-refractivity contribution is 9.10. The van der Waals surface area contributed by atoms with E-state index in [9.17, 15) is 24.3 Å². The first-order valence-corrected chi connectivity index (χ1v) is 17.6. The van der Waals surface area contributed by atoms with E-state index in [0.717, 1.165) is 37.7 Å². The van der Waals surface area contributed by atoms with E-state index in [-0.39, 0.29) is 63.9 Å². The summed E-state index contributed by atoms with van der Waals surface area (Å²) in [6, 6.07) is 18.8. The van der Waals surface area contributed by atoms with Gasteiger partial charge in [0.25, 0.3) is 5.91 Å². The van der Waals surface area contributed by atoms with E-state index in [1.54, 1.807) is 55.3 Å². The number of carbonyl (C=O) groups is 3. The summed E-state index contributed by atoms with van der Waals surface area (Å²) < 4.78 is 12.2. The molecule has 2 bridgehead atoms. The summed E-state index contributed by atoms with van der Waals surface area (Å²) in [6.45, 7) is -0.262. The first-order valence-electron chi connectivity index (χ1n) is 15.1. The number of imide groups is 1. The van der Waals surface area contributed by atoms with Crippen LogP contribution in [0.3, 0.4) is 0 Å². The molecule has 7 atom stereocenters. The van der Waals surface area contributed by atoms with Crippen LogP contribution in [0, 0.1) is 29.6 Å². The van der Waals surface area contributed by atoms with Crippen LogP contribution in [0.4, 0.5) is 11.4 Å². The third kappa shape index (κ3) is 4.97. The van der Waals surface area contributed by atoms with E-state index in [1.165, 1.54) is 17.0 Å². The maximum Gasteiger partial charge on any atom is 0.305 e. The Morgan fingerprint density at radius 2 is 1.74 bits per heavy atom. The Hall–Kier alpha value is -4.07. The number of nitrogens with zero attached hydrogens (tertiary/aromatic N) is 1. The Morgan fingerprint density at radius 3 is 2.47 bits per heavy atom. The number of aromatic amines is 1. The molecule has 3 fully saturated rings. The third-order valence-electron chi connectivity index (χ3n) is 9.87. The van der Waals surface area contributed by atoms with Gasteiger partial charge in [0.2, 0.25) is 11.8 Å². The molecule has 3 aromatic carbocycles. The number of benzene rings is 3. The SMILES string of the molecule is COc1ccc(N2C(=O)[C@H]3[C@H]4C[C@@H]([C@@H]3C2=O)[C@@H]2[C@H](c3cc(Br)ccc3OCC(=O)Nc3ccc(O)cc3)c3sc(=O)[nH]c3S[C@H]42)cc1. The van der Waals surface area contributed by atoms with Crippen molar-refractivity contribution >= 4 is 68.1 Å². The van der Waals surface area contributed by atoms with Gasteiger partial charge in [-0.3, -0.25) is 24.1 Å². The second-order valence-corrected chi connectivity index (χ2v) is 15.4. The molecule has 1 aromatic heterocycles. The Balaban J connectivity index is 1.13. The number of phenols is 1. The van der Waals surface area contributed by atoms with Gasteiger partial charge < -0.3 is 24.9 Å². The average molecular weight is 735 g/mol. The fourth-order valence-electron chi connectivity index (χ4n) is 8.13. The molecule has 2 saturated carbocycles. The van der Waals surface area contributed by atoms with Gasteiger partial charge in [-0.25, -0.2) is 0 Å². The van der Waals surface area contributed by atoms with Crippen molar-refractivity contribution in [1.29, 1.82) is 0 Å². The standard InChI is InChI=1S/C34H28BrN3O7S2/c1-44-19-9-5-17(6-10-19)38-32(41)27-21-13-22(28(27)33(38)42)29-26(21)25(30-31(46-29)37-34(43)47-30)20-12-15(35)2-11-23(20)45-14-24(40)36-16-3-7-18(39)8-4-16/h2-12,21-22,25-29,39H,13-14H2,1H3,(H,36,40)(H,37,43)/t21-,22-,25+,26-,27+,28+,29-/m1/s1. The first kappa shape index (κ1) is 30.3. The number of halogens is 1. The number of phenolic OH excluding ortho intramolecular Hbond substituents is 1. The van der Waals surface area contributed by atoms with Crippen LogP contribution in [-0.4, -0.2) is 46.8 Å². The highest BCUT2D eigenvalue weighted by Gasteiger charge is 2.69. The lowest BCUT2D eigenvalue weighted by atomic mass is 9.68. The van der Waals surface area contributed by atoms with E-state index in [4.69, 9.17) is 9.47 Å². The molecule has 0 unspecified atom stereocenters. The van der Waals surface area contributed by atoms with E-state index < -0.39 is 11.8 Å². The molecule has 10 nitrogen and oxygen atoms in total. The molecule has 4 aromatic rings. The number of amides is 3. The van der Waals surface area contributed by atoms with Gasteiger partial charge in [-0.1, -0.05) is 27.3 Å². The molecule has 3 amide bonds. The lowest BCUT2D eigenvalue weighted by molar-refractivity contribution is -0.123. The van der Waals surface area contributed by atoms with Crippen LogP contribution in [0.25, 0.3) is 0 Å². The highest BCUT2D eigenvalue weighted by Crippen LogP contribution is 2.69. The summed E-state index contributed by atoms with van der Waals surface area (Å²) >= 11 is 6.40. The number of ether oxygens (including phenoxy) is 2. The van der Waals surface area contributed by atoms with Crippen LogP contribution in [0.15, 0.2) is 81.0 Å². The summed E-state index contributed by atoms with van der Waals surface area (Å²) in [6.07, 6.45) is 0.750. The molecule has 0 radical (unpaired) electrons. The monoisotopic (exact) mass is 733 g/mol. The average Bonchev–Trinajstić information content (AvgIpc) is 3.80. The number of hydrogen-bond donors (Lipinski definition) is 3. The van der Waals surface area contributed by atoms with Gasteiger partial charge in [-0.15, -0.1) is 11.8 Å². The number of nitrogens with one attached hydrogen (secondary N) is 2. The van der Waals surface area contributed by atoms with Crippen LogP contribution in [-0.2, 0) is 14.4 Å². The van der Waals surface area contributed by atoms with Gasteiger partial charge in [0, 0.05) is 31.8 Å². The topological polar surface area (TPSA) is 138 Å². The third-order valence-corrected chi connectivity index (χ3v) is 13.0. The minimum Gasteiger partial charge on any atom is -0.508 e. The molecular weight excluding hydrogens is 706 g/mol. The van der Waals surface area contributed by atoms with Crippen LogP contribution >= 0.6 is 39.0 Å².